The molecule has 0 saturated heterocycles. The number of carbonyl (C=O) groups is 1. The Labute approximate surface area is 90.2 Å². The Balaban J connectivity index is 3.04. The van der Waals surface area contributed by atoms with Crippen LogP contribution in [0.2, 0.25) is 0 Å². The molecular formula is C12H17NO2. The fourth-order valence-electron chi connectivity index (χ4n) is 1.66. The smallest absolute Gasteiger partial charge is 0.409 e. The van der Waals surface area contributed by atoms with Crippen LogP contribution in [0.1, 0.15) is 31.9 Å². The topological polar surface area (TPSA) is 52.3 Å². The molecule has 0 unspecified atom stereocenters. The van der Waals surface area contributed by atoms with Crippen LogP contribution < -0.4 is 10.5 Å². The van der Waals surface area contributed by atoms with E-state index in [4.69, 9.17) is 10.5 Å². The molecule has 0 atom stereocenters. The fraction of sp³-hybridized carbons (Fsp3) is 0.417. The number of ether oxygens (including phenoxy) is 1. The van der Waals surface area contributed by atoms with Gasteiger partial charge in [-0.05, 0) is 35.6 Å². The molecule has 2 N–H and O–H groups in total. The Morgan fingerprint density at radius 2 is 1.93 bits per heavy atom. The molecule has 0 radical (unpaired) electrons. The summed E-state index contributed by atoms with van der Waals surface area (Å²) in [5, 5.41) is 0. The summed E-state index contributed by atoms with van der Waals surface area (Å²) in [7, 11) is 0. The van der Waals surface area contributed by atoms with Crippen molar-refractivity contribution >= 4 is 6.09 Å². The molecule has 0 spiro atoms. The van der Waals surface area contributed by atoms with Gasteiger partial charge in [-0.1, -0.05) is 26.8 Å². The van der Waals surface area contributed by atoms with Crippen molar-refractivity contribution in [1.29, 1.82) is 0 Å². The largest absolute Gasteiger partial charge is 0.410 e. The molecule has 0 aromatic heterocycles. The molecule has 82 valence electrons. The summed E-state index contributed by atoms with van der Waals surface area (Å²) in [6.07, 6.45) is -0.780. The third kappa shape index (κ3) is 2.98. The lowest BCUT2D eigenvalue weighted by Gasteiger charge is -2.21. The second-order valence-electron chi connectivity index (χ2n) is 4.65. The highest BCUT2D eigenvalue weighted by Gasteiger charge is 2.16. The molecule has 0 aliphatic heterocycles. The average Bonchev–Trinajstić information content (AvgIpc) is 1.99. The van der Waals surface area contributed by atoms with E-state index in [-0.39, 0.29) is 5.41 Å². The Kier molecular flexibility index (Phi) is 3.03. The number of benzene rings is 1. The molecule has 0 heterocycles. The van der Waals surface area contributed by atoms with E-state index in [1.807, 2.05) is 19.1 Å². The van der Waals surface area contributed by atoms with Crippen LogP contribution in [0.4, 0.5) is 4.79 Å². The van der Waals surface area contributed by atoms with Gasteiger partial charge in [0.2, 0.25) is 0 Å². The normalized spacial score (nSPS) is 11.2. The van der Waals surface area contributed by atoms with Gasteiger partial charge in [0.15, 0.2) is 0 Å². The standard InChI is InChI=1S/C12H17NO2/c1-8-7-9(15-11(13)14)5-6-10(8)12(2,3)4/h5-7H,1-4H3,(H2,13,14). The van der Waals surface area contributed by atoms with Crippen LogP contribution >= 0.6 is 0 Å². The molecule has 3 nitrogen and oxygen atoms in total. The van der Waals surface area contributed by atoms with Gasteiger partial charge >= 0.3 is 6.09 Å². The van der Waals surface area contributed by atoms with Gasteiger partial charge in [-0.2, -0.15) is 0 Å². The van der Waals surface area contributed by atoms with Gasteiger partial charge in [0.25, 0.3) is 0 Å². The highest BCUT2D eigenvalue weighted by molar-refractivity contribution is 5.68. The van der Waals surface area contributed by atoms with Gasteiger partial charge in [0, 0.05) is 0 Å². The predicted octanol–water partition coefficient (Wildman–Crippen LogP) is 2.75. The molecule has 1 aromatic rings. The molecule has 1 aromatic carbocycles. The summed E-state index contributed by atoms with van der Waals surface area (Å²) < 4.78 is 4.80. The Morgan fingerprint density at radius 3 is 2.33 bits per heavy atom. The molecule has 1 rings (SSSR count). The first-order valence-electron chi connectivity index (χ1n) is 4.89. The van der Waals surface area contributed by atoms with Gasteiger partial charge in [-0.15, -0.1) is 0 Å². The highest BCUT2D eigenvalue weighted by Crippen LogP contribution is 2.28. The van der Waals surface area contributed by atoms with Crippen molar-refractivity contribution < 1.29 is 9.53 Å². The number of amides is 1. The van der Waals surface area contributed by atoms with Crippen LogP contribution in [0.15, 0.2) is 18.2 Å². The maximum absolute atomic E-state index is 10.6. The minimum Gasteiger partial charge on any atom is -0.410 e. The third-order valence-electron chi connectivity index (χ3n) is 2.22. The molecule has 15 heavy (non-hydrogen) atoms. The van der Waals surface area contributed by atoms with Crippen LogP contribution in [0, 0.1) is 6.92 Å². The summed E-state index contributed by atoms with van der Waals surface area (Å²) in [5.41, 5.74) is 7.36. The van der Waals surface area contributed by atoms with Crippen molar-refractivity contribution in [2.24, 2.45) is 5.73 Å². The van der Waals surface area contributed by atoms with Crippen molar-refractivity contribution in [2.75, 3.05) is 0 Å². The lowest BCUT2D eigenvalue weighted by molar-refractivity contribution is 0.211. The highest BCUT2D eigenvalue weighted by atomic mass is 16.5. The predicted molar refractivity (Wildman–Crippen MR) is 60.1 cm³/mol. The summed E-state index contributed by atoms with van der Waals surface area (Å²) in [6.45, 7) is 8.42. The number of hydrogen-bond donors (Lipinski definition) is 1. The third-order valence-corrected chi connectivity index (χ3v) is 2.22. The lowest BCUT2D eigenvalue weighted by atomic mass is 9.84. The van der Waals surface area contributed by atoms with Gasteiger partial charge in [0.05, 0.1) is 0 Å². The first-order chi connectivity index (χ1) is 6.80. The number of nitrogens with two attached hydrogens (primary N) is 1. The molecule has 0 saturated carbocycles. The molecule has 1 amide bonds. The summed E-state index contributed by atoms with van der Waals surface area (Å²) in [5.74, 6) is 0.494. The van der Waals surface area contributed by atoms with E-state index in [0.717, 1.165) is 5.56 Å². The van der Waals surface area contributed by atoms with Crippen molar-refractivity contribution in [2.45, 2.75) is 33.1 Å². The quantitative estimate of drug-likeness (QED) is 0.769. The van der Waals surface area contributed by atoms with Crippen LogP contribution in [-0.4, -0.2) is 6.09 Å². The Bertz CT molecular complexity index is 378. The van der Waals surface area contributed by atoms with Crippen LogP contribution in [0.25, 0.3) is 0 Å². The molecule has 3 heteroatoms. The summed E-state index contributed by atoms with van der Waals surface area (Å²) >= 11 is 0. The Morgan fingerprint density at radius 1 is 1.33 bits per heavy atom. The van der Waals surface area contributed by atoms with Gasteiger partial charge in [-0.25, -0.2) is 4.79 Å². The van der Waals surface area contributed by atoms with Gasteiger partial charge in [-0.3, -0.25) is 0 Å². The Hall–Kier alpha value is -1.51. The van der Waals surface area contributed by atoms with E-state index in [9.17, 15) is 4.79 Å². The minimum atomic E-state index is -0.780. The summed E-state index contributed by atoms with van der Waals surface area (Å²) in [4.78, 5) is 10.6. The van der Waals surface area contributed by atoms with Crippen molar-refractivity contribution in [3.05, 3.63) is 29.3 Å². The van der Waals surface area contributed by atoms with Crippen molar-refractivity contribution in [3.8, 4) is 5.75 Å². The number of primary amides is 1. The van der Waals surface area contributed by atoms with E-state index >= 15 is 0 Å². The SMILES string of the molecule is Cc1cc(OC(N)=O)ccc1C(C)(C)C. The number of carbonyl (C=O) groups excluding carboxylic acids is 1. The molecule has 0 fully saturated rings. The van der Waals surface area contributed by atoms with E-state index in [0.29, 0.717) is 5.75 Å². The number of hydrogen-bond acceptors (Lipinski definition) is 2. The summed E-state index contributed by atoms with van der Waals surface area (Å²) in [6, 6.07) is 5.55. The van der Waals surface area contributed by atoms with Gasteiger partial charge in [0.1, 0.15) is 5.75 Å². The molecule has 0 aliphatic rings. The maximum Gasteiger partial charge on any atom is 0.409 e. The van der Waals surface area contributed by atoms with E-state index in [1.165, 1.54) is 5.56 Å². The molecular weight excluding hydrogens is 190 g/mol. The van der Waals surface area contributed by atoms with E-state index in [1.54, 1.807) is 6.07 Å². The average molecular weight is 207 g/mol. The minimum absolute atomic E-state index is 0.0926. The monoisotopic (exact) mass is 207 g/mol. The van der Waals surface area contributed by atoms with Crippen LogP contribution in [-0.2, 0) is 5.41 Å². The van der Waals surface area contributed by atoms with Crippen molar-refractivity contribution in [3.63, 3.8) is 0 Å². The second-order valence-corrected chi connectivity index (χ2v) is 4.65. The van der Waals surface area contributed by atoms with Gasteiger partial charge < -0.3 is 10.5 Å². The number of aryl methyl sites for hydroxylation is 1. The molecule has 0 bridgehead atoms. The molecule has 0 aliphatic carbocycles. The fourth-order valence-corrected chi connectivity index (χ4v) is 1.66. The zero-order chi connectivity index (χ0) is 11.6. The first kappa shape index (κ1) is 11.6. The first-order valence-corrected chi connectivity index (χ1v) is 4.89. The zero-order valence-electron chi connectivity index (χ0n) is 9.63. The lowest BCUT2D eigenvalue weighted by Crippen LogP contribution is -2.17. The van der Waals surface area contributed by atoms with E-state index in [2.05, 4.69) is 20.8 Å². The number of rotatable bonds is 1. The van der Waals surface area contributed by atoms with Crippen molar-refractivity contribution in [1.82, 2.24) is 0 Å². The van der Waals surface area contributed by atoms with E-state index < -0.39 is 6.09 Å². The van der Waals surface area contributed by atoms with Crippen LogP contribution in [0.3, 0.4) is 0 Å². The zero-order valence-corrected chi connectivity index (χ0v) is 9.63. The maximum atomic E-state index is 10.6. The van der Waals surface area contributed by atoms with Crippen LogP contribution in [0.5, 0.6) is 5.75 Å². The second kappa shape index (κ2) is 3.93.